The van der Waals surface area contributed by atoms with E-state index in [0.717, 1.165) is 0 Å². The van der Waals surface area contributed by atoms with Crippen molar-refractivity contribution in [3.63, 3.8) is 0 Å². The van der Waals surface area contributed by atoms with Gasteiger partial charge in [-0.1, -0.05) is 12.1 Å². The number of nitriles is 1. The minimum Gasteiger partial charge on any atom is -0.465 e. The number of nitrogens with one attached hydrogen (secondary N) is 1. The number of amides is 2. The summed E-state index contributed by atoms with van der Waals surface area (Å²) >= 11 is 0. The number of likely N-dealkylation sites (tertiary alicyclic amines) is 1. The van der Waals surface area contributed by atoms with E-state index in [2.05, 4.69) is 10.3 Å². The van der Waals surface area contributed by atoms with Crippen LogP contribution < -0.4 is 5.32 Å². The quantitative estimate of drug-likeness (QED) is 0.883. The highest BCUT2D eigenvalue weighted by Crippen LogP contribution is 2.22. The van der Waals surface area contributed by atoms with E-state index in [1.165, 1.54) is 11.1 Å². The summed E-state index contributed by atoms with van der Waals surface area (Å²) in [5.41, 5.74) is 1.13. The van der Waals surface area contributed by atoms with Crippen LogP contribution >= 0.6 is 0 Å². The van der Waals surface area contributed by atoms with Gasteiger partial charge in [-0.05, 0) is 25.5 Å². The fraction of sp³-hybridized carbons (Fsp3) is 0.294. The molecule has 1 aliphatic rings. The molecule has 1 aromatic carbocycles. The second-order valence-corrected chi connectivity index (χ2v) is 5.91. The first-order valence-electron chi connectivity index (χ1n) is 7.74. The SMILES string of the molecule is C[C@@H]1C[C@@H](NC(=O)c2ncc(-c3cccc(C#N)c3)o2)CN1C(=O)O. The number of carboxylic acid groups (broad SMARTS) is 1. The first-order chi connectivity index (χ1) is 12.0. The Kier molecular flexibility index (Phi) is 4.39. The van der Waals surface area contributed by atoms with Crippen LogP contribution in [0.4, 0.5) is 4.79 Å². The maximum Gasteiger partial charge on any atom is 0.407 e. The van der Waals surface area contributed by atoms with Gasteiger partial charge in [-0.3, -0.25) is 4.79 Å². The molecule has 2 amide bonds. The van der Waals surface area contributed by atoms with Gasteiger partial charge in [-0.15, -0.1) is 0 Å². The number of oxazole rings is 1. The summed E-state index contributed by atoms with van der Waals surface area (Å²) in [5.74, 6) is -0.208. The highest BCUT2D eigenvalue weighted by Gasteiger charge is 2.33. The van der Waals surface area contributed by atoms with E-state index in [9.17, 15) is 9.59 Å². The molecule has 1 saturated heterocycles. The Morgan fingerprint density at radius 2 is 2.28 bits per heavy atom. The number of carbonyl (C=O) groups excluding carboxylic acids is 1. The van der Waals surface area contributed by atoms with Gasteiger partial charge in [0.25, 0.3) is 5.89 Å². The number of hydrogen-bond acceptors (Lipinski definition) is 5. The molecule has 0 spiro atoms. The van der Waals surface area contributed by atoms with Crippen LogP contribution in [0.5, 0.6) is 0 Å². The van der Waals surface area contributed by atoms with Crippen molar-refractivity contribution in [3.8, 4) is 17.4 Å². The zero-order valence-corrected chi connectivity index (χ0v) is 13.5. The van der Waals surface area contributed by atoms with E-state index in [4.69, 9.17) is 14.8 Å². The molecule has 0 unspecified atom stereocenters. The number of nitrogens with zero attached hydrogens (tertiary/aromatic N) is 3. The molecule has 128 valence electrons. The second-order valence-electron chi connectivity index (χ2n) is 5.91. The molecular formula is C17H16N4O4. The van der Waals surface area contributed by atoms with Crippen molar-refractivity contribution in [1.82, 2.24) is 15.2 Å². The third-order valence-corrected chi connectivity index (χ3v) is 4.13. The number of aromatic nitrogens is 1. The first-order valence-corrected chi connectivity index (χ1v) is 7.74. The van der Waals surface area contributed by atoms with Crippen LogP contribution in [0.1, 0.15) is 29.6 Å². The molecule has 0 radical (unpaired) electrons. The van der Waals surface area contributed by atoms with E-state index in [1.807, 2.05) is 6.07 Å². The normalized spacial score (nSPS) is 19.4. The van der Waals surface area contributed by atoms with Gasteiger partial charge < -0.3 is 19.7 Å². The summed E-state index contributed by atoms with van der Waals surface area (Å²) in [6.07, 6.45) is 0.960. The standard InChI is InChI=1S/C17H16N4O4/c1-10-5-13(9-21(10)17(23)24)20-15(22)16-19-8-14(25-16)12-4-2-3-11(6-12)7-18/h2-4,6,8,10,13H,5,9H2,1H3,(H,20,22)(H,23,24)/t10-,13-/m1/s1. The fourth-order valence-electron chi connectivity index (χ4n) is 2.90. The van der Waals surface area contributed by atoms with Crippen molar-refractivity contribution in [1.29, 1.82) is 5.26 Å². The van der Waals surface area contributed by atoms with E-state index < -0.39 is 12.0 Å². The molecule has 2 atom stereocenters. The molecule has 8 nitrogen and oxygen atoms in total. The lowest BCUT2D eigenvalue weighted by Gasteiger charge is -2.16. The van der Waals surface area contributed by atoms with Crippen LogP contribution in [0.15, 0.2) is 34.9 Å². The van der Waals surface area contributed by atoms with Gasteiger partial charge in [0.2, 0.25) is 0 Å². The zero-order valence-electron chi connectivity index (χ0n) is 13.5. The lowest BCUT2D eigenvalue weighted by atomic mass is 10.1. The van der Waals surface area contributed by atoms with Crippen molar-refractivity contribution in [3.05, 3.63) is 41.9 Å². The van der Waals surface area contributed by atoms with Crippen LogP contribution in [-0.2, 0) is 0 Å². The Bertz CT molecular complexity index is 854. The molecule has 2 heterocycles. The van der Waals surface area contributed by atoms with Crippen LogP contribution in [0.25, 0.3) is 11.3 Å². The monoisotopic (exact) mass is 340 g/mol. The number of rotatable bonds is 3. The van der Waals surface area contributed by atoms with Crippen LogP contribution in [0, 0.1) is 11.3 Å². The predicted octanol–water partition coefficient (Wildman–Crippen LogP) is 2.08. The summed E-state index contributed by atoms with van der Waals surface area (Å²) in [6, 6.07) is 8.39. The minimum atomic E-state index is -1.000. The van der Waals surface area contributed by atoms with Crippen molar-refractivity contribution in [2.45, 2.75) is 25.4 Å². The predicted molar refractivity (Wildman–Crippen MR) is 86.7 cm³/mol. The van der Waals surface area contributed by atoms with Crippen LogP contribution in [-0.4, -0.2) is 45.6 Å². The van der Waals surface area contributed by atoms with Gasteiger partial charge in [-0.2, -0.15) is 5.26 Å². The Balaban J connectivity index is 1.69. The van der Waals surface area contributed by atoms with E-state index in [-0.39, 0.29) is 24.5 Å². The number of carbonyl (C=O) groups is 2. The molecule has 2 N–H and O–H groups in total. The summed E-state index contributed by atoms with van der Waals surface area (Å²) in [6.45, 7) is 2.03. The van der Waals surface area contributed by atoms with Crippen molar-refractivity contribution < 1.29 is 19.1 Å². The fourth-order valence-corrected chi connectivity index (χ4v) is 2.90. The lowest BCUT2D eigenvalue weighted by molar-refractivity contribution is 0.0901. The maximum atomic E-state index is 12.3. The Morgan fingerprint density at radius 1 is 1.48 bits per heavy atom. The molecular weight excluding hydrogens is 324 g/mol. The van der Waals surface area contributed by atoms with Crippen LogP contribution in [0.3, 0.4) is 0 Å². The zero-order chi connectivity index (χ0) is 18.0. The highest BCUT2D eigenvalue weighted by molar-refractivity contribution is 5.90. The smallest absolute Gasteiger partial charge is 0.407 e. The first kappa shape index (κ1) is 16.5. The summed E-state index contributed by atoms with van der Waals surface area (Å²) in [5, 5.41) is 20.8. The van der Waals surface area contributed by atoms with Crippen molar-refractivity contribution >= 4 is 12.0 Å². The molecule has 0 bridgehead atoms. The Hall–Kier alpha value is -3.34. The molecule has 1 fully saturated rings. The molecule has 0 aliphatic carbocycles. The minimum absolute atomic E-state index is 0.0983. The molecule has 0 saturated carbocycles. The molecule has 3 rings (SSSR count). The van der Waals surface area contributed by atoms with E-state index >= 15 is 0 Å². The molecule has 25 heavy (non-hydrogen) atoms. The van der Waals surface area contributed by atoms with Crippen LogP contribution in [0.2, 0.25) is 0 Å². The van der Waals surface area contributed by atoms with E-state index in [0.29, 0.717) is 23.3 Å². The van der Waals surface area contributed by atoms with Gasteiger partial charge in [0, 0.05) is 24.2 Å². The Morgan fingerprint density at radius 3 is 2.96 bits per heavy atom. The average molecular weight is 340 g/mol. The van der Waals surface area contributed by atoms with Gasteiger partial charge in [0.15, 0.2) is 5.76 Å². The van der Waals surface area contributed by atoms with Gasteiger partial charge in [-0.25, -0.2) is 9.78 Å². The van der Waals surface area contributed by atoms with Crippen molar-refractivity contribution in [2.24, 2.45) is 0 Å². The average Bonchev–Trinajstić information content (AvgIpc) is 3.22. The van der Waals surface area contributed by atoms with Gasteiger partial charge >= 0.3 is 12.0 Å². The number of hydrogen-bond donors (Lipinski definition) is 2. The van der Waals surface area contributed by atoms with Crippen molar-refractivity contribution in [2.75, 3.05) is 6.54 Å². The third kappa shape index (κ3) is 3.45. The van der Waals surface area contributed by atoms with Gasteiger partial charge in [0.05, 0.1) is 17.8 Å². The third-order valence-electron chi connectivity index (χ3n) is 4.13. The Labute approximate surface area is 143 Å². The number of benzene rings is 1. The molecule has 1 aromatic heterocycles. The second kappa shape index (κ2) is 6.65. The molecule has 8 heteroatoms. The van der Waals surface area contributed by atoms with E-state index in [1.54, 1.807) is 31.2 Å². The lowest BCUT2D eigenvalue weighted by Crippen LogP contribution is -2.38. The maximum absolute atomic E-state index is 12.3. The largest absolute Gasteiger partial charge is 0.465 e. The summed E-state index contributed by atoms with van der Waals surface area (Å²) in [4.78, 5) is 28.6. The summed E-state index contributed by atoms with van der Waals surface area (Å²) < 4.78 is 5.48. The molecule has 1 aliphatic heterocycles. The summed E-state index contributed by atoms with van der Waals surface area (Å²) in [7, 11) is 0. The topological polar surface area (TPSA) is 119 Å². The van der Waals surface area contributed by atoms with Gasteiger partial charge in [0.1, 0.15) is 0 Å². The highest BCUT2D eigenvalue weighted by atomic mass is 16.4. The molecule has 2 aromatic rings.